The maximum absolute atomic E-state index is 3.43. The van der Waals surface area contributed by atoms with E-state index >= 15 is 0 Å². The molecule has 0 spiro atoms. The van der Waals surface area contributed by atoms with Crippen molar-refractivity contribution in [2.24, 2.45) is 11.3 Å². The van der Waals surface area contributed by atoms with E-state index in [0.717, 1.165) is 18.0 Å². The van der Waals surface area contributed by atoms with Gasteiger partial charge in [-0.2, -0.15) is 0 Å². The Morgan fingerprint density at radius 2 is 1.88 bits per heavy atom. The van der Waals surface area contributed by atoms with Gasteiger partial charge in [0, 0.05) is 25.2 Å². The highest BCUT2D eigenvalue weighted by atomic mass is 15.3. The van der Waals surface area contributed by atoms with Gasteiger partial charge in [0.05, 0.1) is 0 Å². The van der Waals surface area contributed by atoms with Crippen LogP contribution in [0.4, 0.5) is 0 Å². The Morgan fingerprint density at radius 3 is 2.35 bits per heavy atom. The molecule has 0 aromatic heterocycles. The molecule has 17 heavy (non-hydrogen) atoms. The van der Waals surface area contributed by atoms with E-state index in [1.807, 2.05) is 0 Å². The molecule has 1 aliphatic carbocycles. The Balaban J connectivity index is 2.01. The van der Waals surface area contributed by atoms with Gasteiger partial charge in [-0.05, 0) is 43.6 Å². The topological polar surface area (TPSA) is 15.3 Å². The SMILES string of the molecule is CCCN(C1CNC1)C1CC(C)CC(C)(C)C1. The van der Waals surface area contributed by atoms with Gasteiger partial charge >= 0.3 is 0 Å². The molecule has 2 aliphatic rings. The molecule has 100 valence electrons. The minimum Gasteiger partial charge on any atom is -0.314 e. The first-order chi connectivity index (χ1) is 8.02. The Kier molecular flexibility index (Phi) is 4.14. The summed E-state index contributed by atoms with van der Waals surface area (Å²) in [6.45, 7) is 13.4. The largest absolute Gasteiger partial charge is 0.314 e. The van der Waals surface area contributed by atoms with Crippen LogP contribution in [0.5, 0.6) is 0 Å². The van der Waals surface area contributed by atoms with E-state index in [1.54, 1.807) is 0 Å². The van der Waals surface area contributed by atoms with Gasteiger partial charge in [0.1, 0.15) is 0 Å². The number of nitrogens with zero attached hydrogens (tertiary/aromatic N) is 1. The number of nitrogens with one attached hydrogen (secondary N) is 1. The fourth-order valence-corrected chi connectivity index (χ4v) is 3.98. The van der Waals surface area contributed by atoms with Gasteiger partial charge in [0.25, 0.3) is 0 Å². The summed E-state index contributed by atoms with van der Waals surface area (Å²) in [5.74, 6) is 0.899. The number of hydrogen-bond acceptors (Lipinski definition) is 2. The van der Waals surface area contributed by atoms with Gasteiger partial charge < -0.3 is 5.32 Å². The summed E-state index contributed by atoms with van der Waals surface area (Å²) < 4.78 is 0. The van der Waals surface area contributed by atoms with Crippen LogP contribution < -0.4 is 5.32 Å². The van der Waals surface area contributed by atoms with E-state index in [-0.39, 0.29) is 0 Å². The van der Waals surface area contributed by atoms with Crippen LogP contribution in [0.1, 0.15) is 53.4 Å². The summed E-state index contributed by atoms with van der Waals surface area (Å²) in [5, 5.41) is 3.43. The highest BCUT2D eigenvalue weighted by Gasteiger charge is 2.38. The molecule has 1 saturated carbocycles. The first-order valence-electron chi connectivity index (χ1n) is 7.48. The molecule has 2 unspecified atom stereocenters. The van der Waals surface area contributed by atoms with Crippen molar-refractivity contribution in [2.75, 3.05) is 19.6 Å². The summed E-state index contributed by atoms with van der Waals surface area (Å²) in [5.41, 5.74) is 0.547. The Hall–Kier alpha value is -0.0800. The average Bonchev–Trinajstić information content (AvgIpc) is 2.10. The van der Waals surface area contributed by atoms with E-state index in [9.17, 15) is 0 Å². The maximum atomic E-state index is 3.43. The molecule has 2 rings (SSSR count). The van der Waals surface area contributed by atoms with Gasteiger partial charge in [0.2, 0.25) is 0 Å². The fourth-order valence-electron chi connectivity index (χ4n) is 3.98. The summed E-state index contributed by atoms with van der Waals surface area (Å²) in [4.78, 5) is 2.81. The van der Waals surface area contributed by atoms with Crippen LogP contribution >= 0.6 is 0 Å². The molecule has 1 aliphatic heterocycles. The van der Waals surface area contributed by atoms with Gasteiger partial charge in [-0.3, -0.25) is 4.90 Å². The molecular weight excluding hydrogens is 208 g/mol. The van der Waals surface area contributed by atoms with E-state index in [4.69, 9.17) is 0 Å². The van der Waals surface area contributed by atoms with Gasteiger partial charge in [-0.25, -0.2) is 0 Å². The molecule has 0 amide bonds. The van der Waals surface area contributed by atoms with E-state index in [1.165, 1.54) is 45.3 Å². The zero-order valence-corrected chi connectivity index (χ0v) is 12.1. The van der Waals surface area contributed by atoms with Crippen molar-refractivity contribution in [1.82, 2.24) is 10.2 Å². The molecule has 2 fully saturated rings. The van der Waals surface area contributed by atoms with E-state index in [2.05, 4.69) is 37.9 Å². The van der Waals surface area contributed by atoms with Crippen molar-refractivity contribution in [3.8, 4) is 0 Å². The second-order valence-corrected chi connectivity index (χ2v) is 7.12. The average molecular weight is 238 g/mol. The lowest BCUT2D eigenvalue weighted by Crippen LogP contribution is -2.61. The predicted molar refractivity (Wildman–Crippen MR) is 74.2 cm³/mol. The van der Waals surface area contributed by atoms with Crippen LogP contribution in [0.25, 0.3) is 0 Å². The van der Waals surface area contributed by atoms with Gasteiger partial charge in [-0.1, -0.05) is 27.7 Å². The molecule has 0 bridgehead atoms. The second-order valence-electron chi connectivity index (χ2n) is 7.12. The summed E-state index contributed by atoms with van der Waals surface area (Å²) in [6.07, 6.45) is 5.52. The van der Waals surface area contributed by atoms with Crippen molar-refractivity contribution >= 4 is 0 Å². The van der Waals surface area contributed by atoms with Gasteiger partial charge in [-0.15, -0.1) is 0 Å². The van der Waals surface area contributed by atoms with Crippen molar-refractivity contribution in [3.05, 3.63) is 0 Å². The molecular formula is C15H30N2. The van der Waals surface area contributed by atoms with Crippen molar-refractivity contribution < 1.29 is 0 Å². The lowest BCUT2D eigenvalue weighted by molar-refractivity contribution is 0.0224. The third-order valence-electron chi connectivity index (χ3n) is 4.54. The third kappa shape index (κ3) is 3.23. The van der Waals surface area contributed by atoms with Crippen molar-refractivity contribution in [3.63, 3.8) is 0 Å². The zero-order chi connectivity index (χ0) is 12.5. The minimum atomic E-state index is 0.547. The lowest BCUT2D eigenvalue weighted by Gasteiger charge is -2.49. The normalized spacial score (nSPS) is 33.7. The van der Waals surface area contributed by atoms with Crippen LogP contribution in [-0.4, -0.2) is 36.6 Å². The number of hydrogen-bond donors (Lipinski definition) is 1. The number of rotatable bonds is 4. The molecule has 1 heterocycles. The minimum absolute atomic E-state index is 0.547. The van der Waals surface area contributed by atoms with Crippen molar-refractivity contribution in [2.45, 2.75) is 65.5 Å². The monoisotopic (exact) mass is 238 g/mol. The molecule has 1 saturated heterocycles. The molecule has 0 radical (unpaired) electrons. The van der Waals surface area contributed by atoms with Crippen LogP contribution in [0.3, 0.4) is 0 Å². The molecule has 2 nitrogen and oxygen atoms in total. The first kappa shape index (κ1) is 13.4. The summed E-state index contributed by atoms with van der Waals surface area (Å²) in [7, 11) is 0. The molecule has 2 heteroatoms. The molecule has 1 N–H and O–H groups in total. The highest BCUT2D eigenvalue weighted by molar-refractivity contribution is 4.93. The molecule has 2 atom stereocenters. The first-order valence-corrected chi connectivity index (χ1v) is 7.48. The van der Waals surface area contributed by atoms with Crippen LogP contribution in [0.15, 0.2) is 0 Å². The van der Waals surface area contributed by atoms with Crippen LogP contribution in [-0.2, 0) is 0 Å². The second kappa shape index (κ2) is 5.27. The standard InChI is InChI=1S/C15H30N2/c1-5-6-17(14-10-16-11-14)13-7-12(2)8-15(3,4)9-13/h12-14,16H,5-11H2,1-4H3. The van der Waals surface area contributed by atoms with Crippen molar-refractivity contribution in [1.29, 1.82) is 0 Å². The highest BCUT2D eigenvalue weighted by Crippen LogP contribution is 2.41. The Bertz CT molecular complexity index is 245. The molecule has 0 aromatic rings. The maximum Gasteiger partial charge on any atom is 0.0348 e. The quantitative estimate of drug-likeness (QED) is 0.810. The lowest BCUT2D eigenvalue weighted by atomic mass is 9.70. The zero-order valence-electron chi connectivity index (χ0n) is 12.1. The van der Waals surface area contributed by atoms with Crippen LogP contribution in [0.2, 0.25) is 0 Å². The fraction of sp³-hybridized carbons (Fsp3) is 1.00. The van der Waals surface area contributed by atoms with E-state index < -0.39 is 0 Å². The predicted octanol–water partition coefficient (Wildman–Crippen LogP) is 2.89. The van der Waals surface area contributed by atoms with Crippen LogP contribution in [0, 0.1) is 11.3 Å². The summed E-state index contributed by atoms with van der Waals surface area (Å²) in [6, 6.07) is 1.65. The molecule has 0 aromatic carbocycles. The van der Waals surface area contributed by atoms with E-state index in [0.29, 0.717) is 5.41 Å². The Morgan fingerprint density at radius 1 is 1.18 bits per heavy atom. The third-order valence-corrected chi connectivity index (χ3v) is 4.54. The van der Waals surface area contributed by atoms with Gasteiger partial charge in [0.15, 0.2) is 0 Å². The summed E-state index contributed by atoms with van der Waals surface area (Å²) >= 11 is 0. The Labute approximate surface area is 107 Å². The smallest absolute Gasteiger partial charge is 0.0348 e.